The van der Waals surface area contributed by atoms with Gasteiger partial charge in [0.25, 0.3) is 11.8 Å². The normalized spacial score (nSPS) is 13.6. The van der Waals surface area contributed by atoms with Crippen LogP contribution in [0.15, 0.2) is 42.5 Å². The smallest absolute Gasteiger partial charge is 0.255 e. The minimum Gasteiger partial charge on any atom is -0.495 e. The van der Waals surface area contributed by atoms with Gasteiger partial charge in [-0.25, -0.2) is 0 Å². The maximum Gasteiger partial charge on any atom is 0.255 e. The lowest BCUT2D eigenvalue weighted by molar-refractivity contribution is 0.0792. The number of ether oxygens (including phenoxy) is 1. The van der Waals surface area contributed by atoms with E-state index in [4.69, 9.17) is 16.3 Å². The molecule has 2 aromatic carbocycles. The van der Waals surface area contributed by atoms with E-state index >= 15 is 0 Å². The van der Waals surface area contributed by atoms with E-state index in [1.807, 2.05) is 4.90 Å². The van der Waals surface area contributed by atoms with Gasteiger partial charge < -0.3 is 15.0 Å². The molecule has 130 valence electrons. The largest absolute Gasteiger partial charge is 0.495 e. The van der Waals surface area contributed by atoms with Crippen LogP contribution in [0, 0.1) is 0 Å². The van der Waals surface area contributed by atoms with Crippen molar-refractivity contribution in [1.82, 2.24) is 4.90 Å². The molecular formula is C19H19ClN2O3. The maximum atomic E-state index is 12.4. The Kier molecular flexibility index (Phi) is 5.24. The van der Waals surface area contributed by atoms with Gasteiger partial charge in [0, 0.05) is 29.2 Å². The number of halogens is 1. The molecule has 1 aliphatic rings. The molecule has 0 bridgehead atoms. The van der Waals surface area contributed by atoms with Crippen LogP contribution in [0.25, 0.3) is 0 Å². The number of carbonyl (C=O) groups excluding carboxylic acids is 2. The highest BCUT2D eigenvalue weighted by Gasteiger charge is 2.19. The molecule has 2 amide bonds. The van der Waals surface area contributed by atoms with Crippen LogP contribution in [0.5, 0.6) is 5.75 Å². The van der Waals surface area contributed by atoms with E-state index in [1.54, 1.807) is 42.5 Å². The molecule has 25 heavy (non-hydrogen) atoms. The first-order valence-electron chi connectivity index (χ1n) is 8.13. The predicted molar refractivity (Wildman–Crippen MR) is 97.5 cm³/mol. The standard InChI is InChI=1S/C19H19ClN2O3/c1-25-17-9-8-15(20)12-16(17)21-18(23)13-4-6-14(7-5-13)19(24)22-10-2-3-11-22/h4-9,12H,2-3,10-11H2,1H3,(H,21,23). The molecule has 0 atom stereocenters. The molecule has 5 nitrogen and oxygen atoms in total. The van der Waals surface area contributed by atoms with Crippen LogP contribution in [-0.4, -0.2) is 36.9 Å². The van der Waals surface area contributed by atoms with Crippen LogP contribution >= 0.6 is 11.6 Å². The topological polar surface area (TPSA) is 58.6 Å². The Bertz CT molecular complexity index is 784. The molecule has 3 rings (SSSR count). The molecule has 0 unspecified atom stereocenters. The van der Waals surface area contributed by atoms with Crippen molar-refractivity contribution in [2.45, 2.75) is 12.8 Å². The fraction of sp³-hybridized carbons (Fsp3) is 0.263. The van der Waals surface area contributed by atoms with E-state index in [-0.39, 0.29) is 11.8 Å². The van der Waals surface area contributed by atoms with Gasteiger partial charge in [-0.3, -0.25) is 9.59 Å². The molecule has 0 saturated carbocycles. The van der Waals surface area contributed by atoms with Crippen LogP contribution in [0.2, 0.25) is 5.02 Å². The van der Waals surface area contributed by atoms with Crippen LogP contribution in [-0.2, 0) is 0 Å². The van der Waals surface area contributed by atoms with Crippen molar-refractivity contribution in [1.29, 1.82) is 0 Å². The van der Waals surface area contributed by atoms with Crippen LogP contribution < -0.4 is 10.1 Å². The van der Waals surface area contributed by atoms with Crippen molar-refractivity contribution >= 4 is 29.1 Å². The molecular weight excluding hydrogens is 340 g/mol. The minimum absolute atomic E-state index is 0.0148. The number of carbonyl (C=O) groups is 2. The van der Waals surface area contributed by atoms with Gasteiger partial charge in [0.2, 0.25) is 0 Å². The summed E-state index contributed by atoms with van der Waals surface area (Å²) in [6.07, 6.45) is 2.10. The fourth-order valence-electron chi connectivity index (χ4n) is 2.84. The second kappa shape index (κ2) is 7.57. The summed E-state index contributed by atoms with van der Waals surface area (Å²) in [5.41, 5.74) is 1.55. The van der Waals surface area contributed by atoms with Gasteiger partial charge in [-0.05, 0) is 55.3 Å². The second-order valence-electron chi connectivity index (χ2n) is 5.88. The number of methoxy groups -OCH3 is 1. The van der Waals surface area contributed by atoms with Crippen molar-refractivity contribution < 1.29 is 14.3 Å². The van der Waals surface area contributed by atoms with Crippen LogP contribution in [0.3, 0.4) is 0 Å². The summed E-state index contributed by atoms with van der Waals surface area (Å²) in [4.78, 5) is 26.6. The van der Waals surface area contributed by atoms with Gasteiger partial charge in [0.05, 0.1) is 12.8 Å². The van der Waals surface area contributed by atoms with E-state index in [2.05, 4.69) is 5.32 Å². The Balaban J connectivity index is 1.73. The third-order valence-corrected chi connectivity index (χ3v) is 4.43. The van der Waals surface area contributed by atoms with E-state index in [0.717, 1.165) is 25.9 Å². The van der Waals surface area contributed by atoms with Crippen molar-refractivity contribution in [3.63, 3.8) is 0 Å². The zero-order valence-corrected chi connectivity index (χ0v) is 14.7. The fourth-order valence-corrected chi connectivity index (χ4v) is 3.01. The lowest BCUT2D eigenvalue weighted by Crippen LogP contribution is -2.27. The number of amides is 2. The first-order valence-corrected chi connectivity index (χ1v) is 8.50. The number of rotatable bonds is 4. The number of likely N-dealkylation sites (tertiary alicyclic amines) is 1. The number of hydrogen-bond donors (Lipinski definition) is 1. The summed E-state index contributed by atoms with van der Waals surface area (Å²) in [5.74, 6) is 0.250. The summed E-state index contributed by atoms with van der Waals surface area (Å²) in [5, 5.41) is 3.28. The summed E-state index contributed by atoms with van der Waals surface area (Å²) < 4.78 is 5.22. The quantitative estimate of drug-likeness (QED) is 0.903. The highest BCUT2D eigenvalue weighted by Crippen LogP contribution is 2.28. The van der Waals surface area contributed by atoms with Crippen molar-refractivity contribution in [3.8, 4) is 5.75 Å². The van der Waals surface area contributed by atoms with Gasteiger partial charge in [-0.15, -0.1) is 0 Å². The number of anilines is 1. The average molecular weight is 359 g/mol. The zero-order valence-electron chi connectivity index (χ0n) is 13.9. The second-order valence-corrected chi connectivity index (χ2v) is 6.31. The Morgan fingerprint density at radius 1 is 1.04 bits per heavy atom. The molecule has 1 heterocycles. The zero-order chi connectivity index (χ0) is 17.8. The minimum atomic E-state index is -0.291. The first-order chi connectivity index (χ1) is 12.1. The lowest BCUT2D eigenvalue weighted by atomic mass is 10.1. The Hall–Kier alpha value is -2.53. The van der Waals surface area contributed by atoms with Crippen LogP contribution in [0.1, 0.15) is 33.6 Å². The van der Waals surface area contributed by atoms with Gasteiger partial charge in [0.15, 0.2) is 0 Å². The van der Waals surface area contributed by atoms with E-state index < -0.39 is 0 Å². The summed E-state index contributed by atoms with van der Waals surface area (Å²) >= 11 is 5.97. The predicted octanol–water partition coefficient (Wildman–Crippen LogP) is 3.84. The monoisotopic (exact) mass is 358 g/mol. The van der Waals surface area contributed by atoms with Crippen molar-refractivity contribution in [3.05, 3.63) is 58.6 Å². The van der Waals surface area contributed by atoms with Crippen molar-refractivity contribution in [2.24, 2.45) is 0 Å². The van der Waals surface area contributed by atoms with Gasteiger partial charge >= 0.3 is 0 Å². The molecule has 6 heteroatoms. The third-order valence-electron chi connectivity index (χ3n) is 4.20. The SMILES string of the molecule is COc1ccc(Cl)cc1NC(=O)c1ccc(C(=O)N2CCCC2)cc1. The van der Waals surface area contributed by atoms with Crippen LogP contribution in [0.4, 0.5) is 5.69 Å². The number of nitrogens with zero attached hydrogens (tertiary/aromatic N) is 1. The molecule has 1 N–H and O–H groups in total. The van der Waals surface area contributed by atoms with E-state index in [0.29, 0.717) is 27.6 Å². The van der Waals surface area contributed by atoms with E-state index in [9.17, 15) is 9.59 Å². The molecule has 1 aliphatic heterocycles. The third kappa shape index (κ3) is 3.94. The molecule has 0 spiro atoms. The van der Waals surface area contributed by atoms with Gasteiger partial charge in [-0.2, -0.15) is 0 Å². The Labute approximate surface area is 151 Å². The molecule has 1 saturated heterocycles. The molecule has 0 radical (unpaired) electrons. The number of benzene rings is 2. The highest BCUT2D eigenvalue weighted by atomic mass is 35.5. The molecule has 2 aromatic rings. The van der Waals surface area contributed by atoms with E-state index in [1.165, 1.54) is 7.11 Å². The van der Waals surface area contributed by atoms with Gasteiger partial charge in [-0.1, -0.05) is 11.6 Å². The Morgan fingerprint density at radius 3 is 2.32 bits per heavy atom. The maximum absolute atomic E-state index is 12.4. The first kappa shape index (κ1) is 17.3. The highest BCUT2D eigenvalue weighted by molar-refractivity contribution is 6.31. The lowest BCUT2D eigenvalue weighted by Gasteiger charge is -2.15. The Morgan fingerprint density at radius 2 is 1.68 bits per heavy atom. The number of hydrogen-bond acceptors (Lipinski definition) is 3. The molecule has 1 fully saturated rings. The summed E-state index contributed by atoms with van der Waals surface area (Å²) in [7, 11) is 1.53. The summed E-state index contributed by atoms with van der Waals surface area (Å²) in [6.45, 7) is 1.60. The summed E-state index contributed by atoms with van der Waals surface area (Å²) in [6, 6.07) is 11.7. The molecule has 0 aromatic heterocycles. The number of nitrogens with one attached hydrogen (secondary N) is 1. The molecule has 0 aliphatic carbocycles. The van der Waals surface area contributed by atoms with Crippen molar-refractivity contribution in [2.75, 3.05) is 25.5 Å². The average Bonchev–Trinajstić information content (AvgIpc) is 3.16. The van der Waals surface area contributed by atoms with Gasteiger partial charge in [0.1, 0.15) is 5.75 Å².